The Morgan fingerprint density at radius 1 is 1.48 bits per heavy atom. The van der Waals surface area contributed by atoms with Crippen molar-refractivity contribution in [2.75, 3.05) is 6.54 Å². The van der Waals surface area contributed by atoms with E-state index in [9.17, 15) is 10.0 Å². The summed E-state index contributed by atoms with van der Waals surface area (Å²) in [5.41, 5.74) is 0.342. The highest BCUT2D eigenvalue weighted by molar-refractivity contribution is 6.31. The van der Waals surface area contributed by atoms with Crippen LogP contribution < -0.4 is 9.47 Å². The number of carbonyl (C=O) groups is 1. The summed E-state index contributed by atoms with van der Waals surface area (Å²) in [6.07, 6.45) is 3.74. The van der Waals surface area contributed by atoms with Gasteiger partial charge >= 0.3 is 0 Å². The van der Waals surface area contributed by atoms with E-state index in [0.29, 0.717) is 27.6 Å². The van der Waals surface area contributed by atoms with Gasteiger partial charge in [-0.2, -0.15) is 0 Å². The lowest BCUT2D eigenvalue weighted by Crippen LogP contribution is -2.36. The van der Waals surface area contributed by atoms with Crippen LogP contribution in [-0.4, -0.2) is 28.4 Å². The van der Waals surface area contributed by atoms with Crippen molar-refractivity contribution in [1.82, 2.24) is 9.88 Å². The summed E-state index contributed by atoms with van der Waals surface area (Å²) in [6.45, 7) is 6.35. The highest BCUT2D eigenvalue weighted by Crippen LogP contribution is 2.28. The van der Waals surface area contributed by atoms with Crippen molar-refractivity contribution >= 4 is 17.5 Å². The lowest BCUT2D eigenvalue weighted by Gasteiger charge is -2.26. The maximum atomic E-state index is 12.8. The van der Waals surface area contributed by atoms with Gasteiger partial charge in [-0.25, -0.2) is 4.73 Å². The number of halogens is 1. The lowest BCUT2D eigenvalue weighted by atomic mass is 10.1. The van der Waals surface area contributed by atoms with Crippen LogP contribution >= 0.6 is 11.6 Å². The molecule has 0 fully saturated rings. The van der Waals surface area contributed by atoms with Crippen LogP contribution in [0.2, 0.25) is 5.02 Å². The minimum Gasteiger partial charge on any atom is -0.711 e. The van der Waals surface area contributed by atoms with Gasteiger partial charge in [0.25, 0.3) is 12.2 Å². The molecule has 122 valence electrons. The van der Waals surface area contributed by atoms with Crippen LogP contribution in [0.4, 0.5) is 0 Å². The maximum Gasteiger partial charge on any atom is 0.289 e. The van der Waals surface area contributed by atoms with E-state index in [-0.39, 0.29) is 17.7 Å². The largest absolute Gasteiger partial charge is 0.711 e. The van der Waals surface area contributed by atoms with Crippen LogP contribution in [0.25, 0.3) is 0 Å². The van der Waals surface area contributed by atoms with Crippen molar-refractivity contribution < 1.29 is 14.3 Å². The number of aromatic nitrogens is 2. The van der Waals surface area contributed by atoms with E-state index in [1.165, 1.54) is 12.4 Å². The van der Waals surface area contributed by atoms with Crippen LogP contribution in [0, 0.1) is 5.21 Å². The first-order chi connectivity index (χ1) is 10.9. The van der Waals surface area contributed by atoms with Crippen molar-refractivity contribution in [1.29, 1.82) is 0 Å². The van der Waals surface area contributed by atoms with E-state index in [1.807, 2.05) is 20.8 Å². The van der Waals surface area contributed by atoms with Gasteiger partial charge in [-0.05, 0) is 39.0 Å². The van der Waals surface area contributed by atoms with Gasteiger partial charge in [-0.15, -0.1) is 0 Å². The van der Waals surface area contributed by atoms with Crippen LogP contribution in [0.15, 0.2) is 36.9 Å². The Bertz CT molecular complexity index is 707. The lowest BCUT2D eigenvalue weighted by molar-refractivity contribution is -0.609. The van der Waals surface area contributed by atoms with Crippen LogP contribution in [0.5, 0.6) is 11.5 Å². The summed E-state index contributed by atoms with van der Waals surface area (Å²) in [4.78, 5) is 18.2. The molecule has 0 spiro atoms. The molecule has 1 heterocycles. The van der Waals surface area contributed by atoms with Gasteiger partial charge in [-0.3, -0.25) is 4.79 Å². The van der Waals surface area contributed by atoms with E-state index in [2.05, 4.69) is 4.98 Å². The third-order valence-electron chi connectivity index (χ3n) is 3.26. The Kier molecular flexibility index (Phi) is 5.39. The number of amides is 1. The molecular formula is C16H18ClN3O3. The molecule has 0 bridgehead atoms. The zero-order valence-corrected chi connectivity index (χ0v) is 13.9. The average molecular weight is 336 g/mol. The van der Waals surface area contributed by atoms with Gasteiger partial charge in [0, 0.05) is 17.6 Å². The Morgan fingerprint density at radius 2 is 2.22 bits per heavy atom. The smallest absolute Gasteiger partial charge is 0.289 e. The third-order valence-corrected chi connectivity index (χ3v) is 3.50. The van der Waals surface area contributed by atoms with E-state index in [1.54, 1.807) is 23.1 Å². The molecule has 1 aromatic carbocycles. The number of carbonyl (C=O) groups excluding carboxylic acids is 1. The molecule has 2 rings (SSSR count). The second-order valence-electron chi connectivity index (χ2n) is 5.21. The average Bonchev–Trinajstić information content (AvgIpc) is 2.49. The minimum absolute atomic E-state index is 0.0431. The molecule has 1 aromatic heterocycles. The molecule has 0 radical (unpaired) electrons. The molecule has 0 saturated heterocycles. The summed E-state index contributed by atoms with van der Waals surface area (Å²) >= 11 is 6.02. The number of hydrogen-bond acceptors (Lipinski definition) is 4. The van der Waals surface area contributed by atoms with E-state index < -0.39 is 0 Å². The first-order valence-corrected chi connectivity index (χ1v) is 7.62. The molecule has 0 aliphatic heterocycles. The summed E-state index contributed by atoms with van der Waals surface area (Å²) in [5.74, 6) is 0.386. The fraction of sp³-hybridized carbons (Fsp3) is 0.312. The highest BCUT2D eigenvalue weighted by Gasteiger charge is 2.22. The fourth-order valence-corrected chi connectivity index (χ4v) is 2.37. The first-order valence-electron chi connectivity index (χ1n) is 7.24. The number of nitrogens with zero attached hydrogens (tertiary/aromatic N) is 3. The normalized spacial score (nSPS) is 10.7. The molecule has 0 saturated carbocycles. The van der Waals surface area contributed by atoms with E-state index in [0.717, 1.165) is 6.33 Å². The van der Waals surface area contributed by atoms with Gasteiger partial charge in [0.15, 0.2) is 6.20 Å². The molecule has 0 atom stereocenters. The molecule has 0 aliphatic rings. The molecule has 1 amide bonds. The molecule has 23 heavy (non-hydrogen) atoms. The summed E-state index contributed by atoms with van der Waals surface area (Å²) in [5, 5.41) is 11.7. The monoisotopic (exact) mass is 335 g/mol. The minimum atomic E-state index is -0.182. The predicted octanol–water partition coefficient (Wildman–Crippen LogP) is 3.03. The van der Waals surface area contributed by atoms with Crippen LogP contribution in [0.3, 0.4) is 0 Å². The fourth-order valence-electron chi connectivity index (χ4n) is 2.20. The summed E-state index contributed by atoms with van der Waals surface area (Å²) < 4.78 is 6.18. The van der Waals surface area contributed by atoms with Gasteiger partial charge in [-0.1, -0.05) is 16.6 Å². The molecule has 7 heteroatoms. The molecular weight excluding hydrogens is 318 g/mol. The predicted molar refractivity (Wildman–Crippen MR) is 86.6 cm³/mol. The zero-order valence-electron chi connectivity index (χ0n) is 13.2. The number of rotatable bonds is 5. The van der Waals surface area contributed by atoms with Gasteiger partial charge in [0.1, 0.15) is 11.9 Å². The number of ether oxygens (including phenoxy) is 1. The molecule has 2 aromatic rings. The van der Waals surface area contributed by atoms with Crippen molar-refractivity contribution in [3.8, 4) is 11.5 Å². The third kappa shape index (κ3) is 4.10. The Hall–Kier alpha value is -2.34. The van der Waals surface area contributed by atoms with Crippen molar-refractivity contribution in [3.63, 3.8) is 0 Å². The first kappa shape index (κ1) is 17.0. The molecule has 0 unspecified atom stereocenters. The van der Waals surface area contributed by atoms with Crippen LogP contribution in [0.1, 0.15) is 31.1 Å². The number of hydrogen-bond donors (Lipinski definition) is 0. The Morgan fingerprint density at radius 3 is 2.83 bits per heavy atom. The standard InChI is InChI=1S/C16H18ClN3O3/c1-4-20(11(2)3)16(21)14-7-12(17)5-6-15(14)23-13-8-18-10-19(22)9-13/h5-11H,4H2,1-3H3. The molecule has 6 nitrogen and oxygen atoms in total. The quantitative estimate of drug-likeness (QED) is 0.622. The van der Waals surface area contributed by atoms with E-state index in [4.69, 9.17) is 16.3 Å². The highest BCUT2D eigenvalue weighted by atomic mass is 35.5. The Labute approximate surface area is 139 Å². The van der Waals surface area contributed by atoms with Crippen molar-refractivity contribution in [2.24, 2.45) is 0 Å². The summed E-state index contributed by atoms with van der Waals surface area (Å²) in [6, 6.07) is 4.83. The zero-order chi connectivity index (χ0) is 17.0. The van der Waals surface area contributed by atoms with Crippen molar-refractivity contribution in [2.45, 2.75) is 26.8 Å². The second kappa shape index (κ2) is 7.28. The summed E-state index contributed by atoms with van der Waals surface area (Å²) in [7, 11) is 0. The van der Waals surface area contributed by atoms with Gasteiger partial charge < -0.3 is 14.8 Å². The van der Waals surface area contributed by atoms with E-state index >= 15 is 0 Å². The number of benzene rings is 1. The topological polar surface area (TPSA) is 69.4 Å². The second-order valence-corrected chi connectivity index (χ2v) is 5.65. The molecule has 0 aliphatic carbocycles. The van der Waals surface area contributed by atoms with Gasteiger partial charge in [0.05, 0.1) is 5.56 Å². The van der Waals surface area contributed by atoms with Crippen LogP contribution in [-0.2, 0) is 0 Å². The SMILES string of the molecule is CCN(C(=O)c1cc(Cl)ccc1Oc1cnc[n+]([O-])c1)C(C)C. The van der Waals surface area contributed by atoms with Gasteiger partial charge in [0.2, 0.25) is 5.75 Å². The maximum absolute atomic E-state index is 12.8. The molecule has 0 N–H and O–H groups in total. The van der Waals surface area contributed by atoms with Crippen molar-refractivity contribution in [3.05, 3.63) is 52.7 Å². The Balaban J connectivity index is 2.39.